The third kappa shape index (κ3) is 4.54. The van der Waals surface area contributed by atoms with Gasteiger partial charge in [-0.1, -0.05) is 0 Å². The van der Waals surface area contributed by atoms with E-state index in [9.17, 15) is 4.79 Å². The molecule has 2 saturated heterocycles. The van der Waals surface area contributed by atoms with Gasteiger partial charge in [0.1, 0.15) is 11.9 Å². The third-order valence-corrected chi connectivity index (χ3v) is 4.87. The maximum atomic E-state index is 12.4. The standard InChI is InChI=1S/C20H24N4O3/c25-20(16-3-4-19(22-13-16)27-17-6-10-26-14-17)23-12-15-5-7-21-18(11-15)24-8-1-2-9-24/h3-5,7,11,13,17H,1-2,6,8-10,12,14H2,(H,23,25)/t17-/m0/s1. The molecule has 7 heteroatoms. The Balaban J connectivity index is 1.31. The molecule has 1 amide bonds. The van der Waals surface area contributed by atoms with E-state index >= 15 is 0 Å². The van der Waals surface area contributed by atoms with Gasteiger partial charge in [-0.2, -0.15) is 0 Å². The Morgan fingerprint density at radius 1 is 1.26 bits per heavy atom. The largest absolute Gasteiger partial charge is 0.472 e. The molecule has 1 atom stereocenters. The Labute approximate surface area is 158 Å². The fraction of sp³-hybridized carbons (Fsp3) is 0.450. The molecule has 2 aromatic heterocycles. The molecule has 0 unspecified atom stereocenters. The minimum Gasteiger partial charge on any atom is -0.472 e. The van der Waals surface area contributed by atoms with Crippen LogP contribution in [0.25, 0.3) is 0 Å². The first-order chi connectivity index (χ1) is 13.3. The zero-order chi connectivity index (χ0) is 18.5. The van der Waals surface area contributed by atoms with Crippen LogP contribution in [-0.2, 0) is 11.3 Å². The van der Waals surface area contributed by atoms with Crippen molar-refractivity contribution >= 4 is 11.7 Å². The lowest BCUT2D eigenvalue weighted by molar-refractivity contribution is 0.0950. The Morgan fingerprint density at radius 3 is 2.89 bits per heavy atom. The predicted molar refractivity (Wildman–Crippen MR) is 101 cm³/mol. The van der Waals surface area contributed by atoms with Gasteiger partial charge in [0, 0.05) is 44.5 Å². The molecule has 2 aliphatic heterocycles. The van der Waals surface area contributed by atoms with Crippen LogP contribution >= 0.6 is 0 Å². The summed E-state index contributed by atoms with van der Waals surface area (Å²) >= 11 is 0. The molecular formula is C20H24N4O3. The average molecular weight is 368 g/mol. The van der Waals surface area contributed by atoms with Gasteiger partial charge < -0.3 is 19.7 Å². The molecular weight excluding hydrogens is 344 g/mol. The number of aromatic nitrogens is 2. The summed E-state index contributed by atoms with van der Waals surface area (Å²) in [6.07, 6.45) is 6.69. The molecule has 0 aliphatic carbocycles. The topological polar surface area (TPSA) is 76.6 Å². The zero-order valence-corrected chi connectivity index (χ0v) is 15.3. The van der Waals surface area contributed by atoms with Crippen LogP contribution in [0.2, 0.25) is 0 Å². The number of anilines is 1. The molecule has 2 aliphatic rings. The van der Waals surface area contributed by atoms with Crippen LogP contribution < -0.4 is 15.0 Å². The lowest BCUT2D eigenvalue weighted by Crippen LogP contribution is -2.24. The Bertz CT molecular complexity index is 769. The minimum atomic E-state index is -0.155. The van der Waals surface area contributed by atoms with Gasteiger partial charge in [-0.05, 0) is 36.6 Å². The summed E-state index contributed by atoms with van der Waals surface area (Å²) in [6.45, 7) is 3.88. The van der Waals surface area contributed by atoms with Crippen LogP contribution in [0.5, 0.6) is 5.88 Å². The Hall–Kier alpha value is -2.67. The van der Waals surface area contributed by atoms with Crippen molar-refractivity contribution in [3.8, 4) is 5.88 Å². The predicted octanol–water partition coefficient (Wildman–Crippen LogP) is 2.17. The fourth-order valence-corrected chi connectivity index (χ4v) is 3.34. The second-order valence-corrected chi connectivity index (χ2v) is 6.89. The first-order valence-corrected chi connectivity index (χ1v) is 9.46. The number of hydrogen-bond donors (Lipinski definition) is 1. The average Bonchev–Trinajstić information content (AvgIpc) is 3.41. The number of nitrogens with one attached hydrogen (secondary N) is 1. The van der Waals surface area contributed by atoms with Crippen molar-refractivity contribution in [2.24, 2.45) is 0 Å². The maximum absolute atomic E-state index is 12.4. The number of rotatable bonds is 6. The molecule has 0 bridgehead atoms. The summed E-state index contributed by atoms with van der Waals surface area (Å²) < 4.78 is 11.0. The molecule has 0 aromatic carbocycles. The molecule has 2 fully saturated rings. The minimum absolute atomic E-state index is 0.0497. The summed E-state index contributed by atoms with van der Waals surface area (Å²) in [4.78, 5) is 23.3. The van der Waals surface area contributed by atoms with E-state index in [0.717, 1.165) is 37.5 Å². The highest BCUT2D eigenvalue weighted by molar-refractivity contribution is 5.93. The first-order valence-electron chi connectivity index (χ1n) is 9.46. The van der Waals surface area contributed by atoms with Crippen molar-refractivity contribution in [1.29, 1.82) is 0 Å². The molecule has 142 valence electrons. The van der Waals surface area contributed by atoms with E-state index in [-0.39, 0.29) is 12.0 Å². The van der Waals surface area contributed by atoms with Crippen molar-refractivity contribution in [1.82, 2.24) is 15.3 Å². The monoisotopic (exact) mass is 368 g/mol. The highest BCUT2D eigenvalue weighted by Gasteiger charge is 2.18. The molecule has 4 rings (SSSR count). The molecule has 0 radical (unpaired) electrons. The number of ether oxygens (including phenoxy) is 2. The smallest absolute Gasteiger partial charge is 0.253 e. The van der Waals surface area contributed by atoms with E-state index in [2.05, 4.69) is 20.2 Å². The normalized spacial score (nSPS) is 19.3. The number of amides is 1. The molecule has 27 heavy (non-hydrogen) atoms. The van der Waals surface area contributed by atoms with E-state index in [0.29, 0.717) is 24.6 Å². The molecule has 4 heterocycles. The molecule has 2 aromatic rings. The van der Waals surface area contributed by atoms with Crippen molar-refractivity contribution in [3.63, 3.8) is 0 Å². The summed E-state index contributed by atoms with van der Waals surface area (Å²) in [5.74, 6) is 1.35. The van der Waals surface area contributed by atoms with Crippen LogP contribution in [0, 0.1) is 0 Å². The van der Waals surface area contributed by atoms with Crippen LogP contribution in [0.1, 0.15) is 35.2 Å². The Morgan fingerprint density at radius 2 is 2.15 bits per heavy atom. The molecule has 7 nitrogen and oxygen atoms in total. The second-order valence-electron chi connectivity index (χ2n) is 6.89. The van der Waals surface area contributed by atoms with Crippen molar-refractivity contribution < 1.29 is 14.3 Å². The first kappa shape index (κ1) is 17.7. The summed E-state index contributed by atoms with van der Waals surface area (Å²) in [6, 6.07) is 7.43. The SMILES string of the molecule is O=C(NCc1ccnc(N2CCCC2)c1)c1ccc(O[C@H]2CCOC2)nc1. The van der Waals surface area contributed by atoms with Crippen molar-refractivity contribution in [2.45, 2.75) is 31.9 Å². The van der Waals surface area contributed by atoms with Crippen molar-refractivity contribution in [3.05, 3.63) is 47.8 Å². The van der Waals surface area contributed by atoms with Gasteiger partial charge in [-0.15, -0.1) is 0 Å². The van der Waals surface area contributed by atoms with E-state index in [1.807, 2.05) is 12.1 Å². The number of hydrogen-bond acceptors (Lipinski definition) is 6. The van der Waals surface area contributed by atoms with Crippen LogP contribution in [-0.4, -0.2) is 48.3 Å². The van der Waals surface area contributed by atoms with Gasteiger partial charge in [0.15, 0.2) is 0 Å². The van der Waals surface area contributed by atoms with Gasteiger partial charge in [0.2, 0.25) is 5.88 Å². The number of carbonyl (C=O) groups is 1. The summed E-state index contributed by atoms with van der Waals surface area (Å²) in [5.41, 5.74) is 1.55. The quantitative estimate of drug-likeness (QED) is 0.842. The number of carbonyl (C=O) groups excluding carboxylic acids is 1. The third-order valence-electron chi connectivity index (χ3n) is 4.87. The van der Waals surface area contributed by atoms with Gasteiger partial charge >= 0.3 is 0 Å². The number of nitrogens with zero attached hydrogens (tertiary/aromatic N) is 3. The zero-order valence-electron chi connectivity index (χ0n) is 15.3. The van der Waals surface area contributed by atoms with E-state index in [1.165, 1.54) is 12.8 Å². The van der Waals surface area contributed by atoms with Gasteiger partial charge in [-0.3, -0.25) is 4.79 Å². The van der Waals surface area contributed by atoms with Gasteiger partial charge in [0.25, 0.3) is 5.91 Å². The lowest BCUT2D eigenvalue weighted by Gasteiger charge is -2.17. The van der Waals surface area contributed by atoms with E-state index in [1.54, 1.807) is 24.5 Å². The number of pyridine rings is 2. The van der Waals surface area contributed by atoms with E-state index in [4.69, 9.17) is 9.47 Å². The molecule has 0 saturated carbocycles. The lowest BCUT2D eigenvalue weighted by atomic mass is 10.2. The summed E-state index contributed by atoms with van der Waals surface area (Å²) in [7, 11) is 0. The Kier molecular flexibility index (Phi) is 5.48. The van der Waals surface area contributed by atoms with Crippen LogP contribution in [0.3, 0.4) is 0 Å². The molecule has 0 spiro atoms. The highest BCUT2D eigenvalue weighted by Crippen LogP contribution is 2.18. The summed E-state index contributed by atoms with van der Waals surface area (Å²) in [5, 5.41) is 2.94. The van der Waals surface area contributed by atoms with Gasteiger partial charge in [0.05, 0.1) is 18.8 Å². The second kappa shape index (κ2) is 8.35. The fourth-order valence-electron chi connectivity index (χ4n) is 3.34. The van der Waals surface area contributed by atoms with Gasteiger partial charge in [-0.25, -0.2) is 9.97 Å². The van der Waals surface area contributed by atoms with Crippen molar-refractivity contribution in [2.75, 3.05) is 31.2 Å². The maximum Gasteiger partial charge on any atom is 0.253 e. The molecule has 1 N–H and O–H groups in total. The van der Waals surface area contributed by atoms with E-state index < -0.39 is 0 Å². The van der Waals surface area contributed by atoms with Crippen LogP contribution in [0.15, 0.2) is 36.7 Å². The van der Waals surface area contributed by atoms with Crippen LogP contribution in [0.4, 0.5) is 5.82 Å². The highest BCUT2D eigenvalue weighted by atomic mass is 16.5.